The lowest BCUT2D eigenvalue weighted by Gasteiger charge is -2.05. The highest BCUT2D eigenvalue weighted by Gasteiger charge is 2.08. The lowest BCUT2D eigenvalue weighted by atomic mass is 10.1. The molecule has 16 heavy (non-hydrogen) atoms. The minimum atomic E-state index is -0.404. The van der Waals surface area contributed by atoms with Crippen molar-refractivity contribution in [2.24, 2.45) is 5.73 Å². The average molecular weight is 219 g/mol. The van der Waals surface area contributed by atoms with Gasteiger partial charge in [0.1, 0.15) is 5.75 Å². The van der Waals surface area contributed by atoms with Gasteiger partial charge in [0, 0.05) is 0 Å². The molecule has 0 atom stereocenters. The van der Waals surface area contributed by atoms with E-state index in [0.717, 1.165) is 0 Å². The summed E-state index contributed by atoms with van der Waals surface area (Å²) in [6, 6.07) is 4.92. The van der Waals surface area contributed by atoms with Crippen LogP contribution in [0.1, 0.15) is 15.9 Å². The van der Waals surface area contributed by atoms with Gasteiger partial charge in [0.15, 0.2) is 0 Å². The monoisotopic (exact) mass is 219 g/mol. The summed E-state index contributed by atoms with van der Waals surface area (Å²) in [5, 5.41) is 0. The van der Waals surface area contributed by atoms with E-state index in [-0.39, 0.29) is 6.54 Å². The van der Waals surface area contributed by atoms with Crippen LogP contribution in [0.25, 0.3) is 0 Å². The van der Waals surface area contributed by atoms with E-state index in [1.54, 1.807) is 25.3 Å². The zero-order valence-corrected chi connectivity index (χ0v) is 9.24. The quantitative estimate of drug-likeness (QED) is 0.590. The Hall–Kier alpha value is -1.99. The van der Waals surface area contributed by atoms with Crippen LogP contribution in [0.2, 0.25) is 0 Å². The fraction of sp³-hybridized carbons (Fsp3) is 0.250. The first kappa shape index (κ1) is 12.1. The van der Waals surface area contributed by atoms with Gasteiger partial charge in [0.25, 0.3) is 0 Å². The fourth-order valence-electron chi connectivity index (χ4n) is 1.20. The van der Waals surface area contributed by atoms with Crippen LogP contribution in [0, 0.1) is 11.8 Å². The molecule has 0 aromatic heterocycles. The number of nitrogens with two attached hydrogens (primary N) is 1. The maximum absolute atomic E-state index is 11.3. The summed E-state index contributed by atoms with van der Waals surface area (Å²) in [4.78, 5) is 11.3. The molecular weight excluding hydrogens is 206 g/mol. The Labute approximate surface area is 94.3 Å². The second-order valence-corrected chi connectivity index (χ2v) is 2.91. The minimum Gasteiger partial charge on any atom is -0.495 e. The highest BCUT2D eigenvalue weighted by atomic mass is 16.5. The zero-order chi connectivity index (χ0) is 12.0. The first-order chi connectivity index (χ1) is 7.72. The maximum atomic E-state index is 11.3. The number of methoxy groups -OCH3 is 2. The van der Waals surface area contributed by atoms with E-state index >= 15 is 0 Å². The van der Waals surface area contributed by atoms with Crippen molar-refractivity contribution in [1.82, 2.24) is 0 Å². The number of carbonyl (C=O) groups is 1. The fourth-order valence-corrected chi connectivity index (χ4v) is 1.20. The van der Waals surface area contributed by atoms with Crippen LogP contribution in [-0.4, -0.2) is 26.7 Å². The Morgan fingerprint density at radius 3 is 2.75 bits per heavy atom. The van der Waals surface area contributed by atoms with Crippen LogP contribution in [0.3, 0.4) is 0 Å². The highest BCUT2D eigenvalue weighted by molar-refractivity contribution is 5.90. The zero-order valence-electron chi connectivity index (χ0n) is 9.24. The second kappa shape index (κ2) is 5.79. The predicted octanol–water partition coefficient (Wildman–Crippen LogP) is 0.792. The summed E-state index contributed by atoms with van der Waals surface area (Å²) in [6.07, 6.45) is 0. The van der Waals surface area contributed by atoms with Gasteiger partial charge >= 0.3 is 5.97 Å². The molecule has 1 aromatic rings. The molecule has 1 aromatic carbocycles. The minimum absolute atomic E-state index is 0.256. The lowest BCUT2D eigenvalue weighted by molar-refractivity contribution is 0.0600. The van der Waals surface area contributed by atoms with Crippen molar-refractivity contribution in [1.29, 1.82) is 0 Å². The van der Waals surface area contributed by atoms with Crippen molar-refractivity contribution in [2.75, 3.05) is 20.8 Å². The third-order valence-corrected chi connectivity index (χ3v) is 1.95. The Balaban J connectivity index is 3.15. The lowest BCUT2D eigenvalue weighted by Crippen LogP contribution is -2.02. The van der Waals surface area contributed by atoms with Crippen molar-refractivity contribution in [3.8, 4) is 17.6 Å². The SMILES string of the molecule is COC(=O)c1ccc(OC)c(C#CCN)c1. The standard InChI is InChI=1S/C12H13NO3/c1-15-11-6-5-10(12(14)16-2)8-9(11)4-3-7-13/h5-6,8H,7,13H2,1-2H3. The molecule has 4 heteroatoms. The molecule has 0 saturated heterocycles. The molecular formula is C12H13NO3. The molecule has 84 valence electrons. The van der Waals surface area contributed by atoms with Gasteiger partial charge in [0.05, 0.1) is 31.9 Å². The molecule has 0 unspecified atom stereocenters. The summed E-state index contributed by atoms with van der Waals surface area (Å²) < 4.78 is 9.73. The maximum Gasteiger partial charge on any atom is 0.337 e. The van der Waals surface area contributed by atoms with Gasteiger partial charge in [-0.05, 0) is 18.2 Å². The van der Waals surface area contributed by atoms with Crippen molar-refractivity contribution in [3.05, 3.63) is 29.3 Å². The van der Waals surface area contributed by atoms with Crippen molar-refractivity contribution >= 4 is 5.97 Å². The van der Waals surface area contributed by atoms with Crippen LogP contribution in [0.5, 0.6) is 5.75 Å². The van der Waals surface area contributed by atoms with Gasteiger partial charge in [-0.2, -0.15) is 0 Å². The Morgan fingerprint density at radius 1 is 1.44 bits per heavy atom. The molecule has 0 radical (unpaired) electrons. The first-order valence-electron chi connectivity index (χ1n) is 4.68. The topological polar surface area (TPSA) is 61.5 Å². The largest absolute Gasteiger partial charge is 0.495 e. The van der Waals surface area contributed by atoms with E-state index in [4.69, 9.17) is 10.5 Å². The Kier molecular flexibility index (Phi) is 4.37. The highest BCUT2D eigenvalue weighted by Crippen LogP contribution is 2.19. The van der Waals surface area contributed by atoms with Crippen LogP contribution < -0.4 is 10.5 Å². The van der Waals surface area contributed by atoms with Crippen molar-refractivity contribution in [3.63, 3.8) is 0 Å². The van der Waals surface area contributed by atoms with Gasteiger partial charge in [0.2, 0.25) is 0 Å². The number of benzene rings is 1. The van der Waals surface area contributed by atoms with Gasteiger partial charge in [-0.15, -0.1) is 0 Å². The number of hydrogen-bond acceptors (Lipinski definition) is 4. The molecule has 4 nitrogen and oxygen atoms in total. The van der Waals surface area contributed by atoms with Gasteiger partial charge in [-0.3, -0.25) is 0 Å². The average Bonchev–Trinajstić information content (AvgIpc) is 2.34. The van der Waals surface area contributed by atoms with E-state index in [2.05, 4.69) is 16.6 Å². The van der Waals surface area contributed by atoms with Crippen LogP contribution in [-0.2, 0) is 4.74 Å². The van der Waals surface area contributed by atoms with E-state index in [9.17, 15) is 4.79 Å². The van der Waals surface area contributed by atoms with Gasteiger partial charge in [-0.25, -0.2) is 4.79 Å². The molecule has 0 saturated carbocycles. The third kappa shape index (κ3) is 2.75. The number of carbonyl (C=O) groups excluding carboxylic acids is 1. The molecule has 0 bridgehead atoms. The Bertz CT molecular complexity index is 443. The van der Waals surface area contributed by atoms with Gasteiger partial charge in [-0.1, -0.05) is 11.8 Å². The molecule has 0 spiro atoms. The molecule has 0 aliphatic rings. The van der Waals surface area contributed by atoms with Crippen LogP contribution in [0.4, 0.5) is 0 Å². The molecule has 0 aliphatic carbocycles. The summed E-state index contributed by atoms with van der Waals surface area (Å²) in [5.74, 6) is 5.75. The summed E-state index contributed by atoms with van der Waals surface area (Å²) in [7, 11) is 2.87. The van der Waals surface area contributed by atoms with E-state index < -0.39 is 5.97 Å². The predicted molar refractivity (Wildman–Crippen MR) is 60.3 cm³/mol. The number of rotatable bonds is 2. The third-order valence-electron chi connectivity index (χ3n) is 1.95. The molecule has 2 N–H and O–H groups in total. The summed E-state index contributed by atoms with van der Waals surface area (Å²) in [5.41, 5.74) is 6.34. The summed E-state index contributed by atoms with van der Waals surface area (Å²) in [6.45, 7) is 0.256. The number of hydrogen-bond donors (Lipinski definition) is 1. The summed E-state index contributed by atoms with van der Waals surface area (Å²) >= 11 is 0. The number of esters is 1. The molecule has 0 heterocycles. The normalized spacial score (nSPS) is 8.94. The van der Waals surface area contributed by atoms with E-state index in [1.165, 1.54) is 7.11 Å². The molecule has 1 rings (SSSR count). The molecule has 0 fully saturated rings. The van der Waals surface area contributed by atoms with Gasteiger partial charge < -0.3 is 15.2 Å². The van der Waals surface area contributed by atoms with Crippen LogP contribution in [0.15, 0.2) is 18.2 Å². The first-order valence-corrected chi connectivity index (χ1v) is 4.68. The molecule has 0 aliphatic heterocycles. The molecule has 0 amide bonds. The van der Waals surface area contributed by atoms with Crippen molar-refractivity contribution in [2.45, 2.75) is 0 Å². The Morgan fingerprint density at radius 2 is 2.19 bits per heavy atom. The van der Waals surface area contributed by atoms with E-state index in [1.807, 2.05) is 0 Å². The van der Waals surface area contributed by atoms with Crippen molar-refractivity contribution < 1.29 is 14.3 Å². The second-order valence-electron chi connectivity index (χ2n) is 2.91. The van der Waals surface area contributed by atoms with E-state index in [0.29, 0.717) is 16.9 Å². The smallest absolute Gasteiger partial charge is 0.337 e. The number of ether oxygens (including phenoxy) is 2. The van der Waals surface area contributed by atoms with Crippen LogP contribution >= 0.6 is 0 Å².